The summed E-state index contributed by atoms with van der Waals surface area (Å²) in [6.07, 6.45) is -1.49. The van der Waals surface area contributed by atoms with Gasteiger partial charge in [-0.3, -0.25) is 4.79 Å². The number of benzene rings is 1. The number of aliphatic hydroxyl groups excluding tert-OH is 3. The molecule has 0 bridgehead atoms. The fraction of sp³-hybridized carbons (Fsp3) is 0.364. The molecule has 82 valence electrons. The molecule has 1 rings (SSSR count). The fourth-order valence-electron chi connectivity index (χ4n) is 1.38. The molecule has 3 N–H and O–H groups in total. The van der Waals surface area contributed by atoms with Gasteiger partial charge in [0, 0.05) is 12.2 Å². The van der Waals surface area contributed by atoms with Crippen LogP contribution in [-0.4, -0.2) is 34.3 Å². The zero-order chi connectivity index (χ0) is 11.3. The van der Waals surface area contributed by atoms with E-state index in [1.807, 2.05) is 0 Å². The molecule has 0 heterocycles. The summed E-state index contributed by atoms with van der Waals surface area (Å²) in [5.41, 5.74) is 0.732. The Labute approximate surface area is 87.8 Å². The summed E-state index contributed by atoms with van der Waals surface area (Å²) in [5.74, 6) is 0. The van der Waals surface area contributed by atoms with E-state index >= 15 is 0 Å². The Bertz CT molecular complexity index is 324. The topological polar surface area (TPSA) is 77.8 Å². The van der Waals surface area contributed by atoms with Crippen LogP contribution in [0.25, 0.3) is 0 Å². The van der Waals surface area contributed by atoms with E-state index in [0.29, 0.717) is 17.4 Å². The third kappa shape index (κ3) is 2.86. The van der Waals surface area contributed by atoms with E-state index in [1.165, 1.54) is 0 Å². The molecule has 0 saturated carbocycles. The molecule has 4 nitrogen and oxygen atoms in total. The van der Waals surface area contributed by atoms with Crippen molar-refractivity contribution in [2.75, 3.05) is 6.61 Å². The number of carbonyl (C=O) groups excluding carboxylic acids is 1. The monoisotopic (exact) mass is 210 g/mol. The molecule has 0 aliphatic carbocycles. The van der Waals surface area contributed by atoms with Crippen molar-refractivity contribution in [1.29, 1.82) is 0 Å². The van der Waals surface area contributed by atoms with Gasteiger partial charge in [-0.2, -0.15) is 0 Å². The second kappa shape index (κ2) is 5.60. The highest BCUT2D eigenvalue weighted by molar-refractivity contribution is 5.77. The van der Waals surface area contributed by atoms with E-state index in [2.05, 4.69) is 0 Å². The van der Waals surface area contributed by atoms with Crippen molar-refractivity contribution in [1.82, 2.24) is 0 Å². The van der Waals surface area contributed by atoms with Crippen molar-refractivity contribution in [3.05, 3.63) is 35.4 Å². The van der Waals surface area contributed by atoms with Gasteiger partial charge in [-0.1, -0.05) is 24.3 Å². The average molecular weight is 210 g/mol. The highest BCUT2D eigenvalue weighted by Gasteiger charge is 2.19. The Morgan fingerprint density at radius 3 is 2.53 bits per heavy atom. The van der Waals surface area contributed by atoms with Crippen LogP contribution in [-0.2, 0) is 0 Å². The molecule has 1 aromatic rings. The fourth-order valence-corrected chi connectivity index (χ4v) is 1.38. The number of rotatable bonds is 5. The largest absolute Gasteiger partial charge is 0.396 e. The van der Waals surface area contributed by atoms with Crippen LogP contribution in [0.5, 0.6) is 0 Å². The predicted molar refractivity (Wildman–Crippen MR) is 54.5 cm³/mol. The summed E-state index contributed by atoms with van der Waals surface area (Å²) in [7, 11) is 0. The number of hydrogen-bond acceptors (Lipinski definition) is 4. The molecule has 0 amide bonds. The van der Waals surface area contributed by atoms with Gasteiger partial charge < -0.3 is 15.3 Å². The third-order valence-corrected chi connectivity index (χ3v) is 2.23. The molecule has 2 unspecified atom stereocenters. The lowest BCUT2D eigenvalue weighted by atomic mass is 9.98. The molecule has 4 heteroatoms. The number of carbonyl (C=O) groups is 1. The Balaban J connectivity index is 2.89. The SMILES string of the molecule is O=Cc1ccccc1C(O)C(O)CCO. The maximum absolute atomic E-state index is 10.7. The second-order valence-corrected chi connectivity index (χ2v) is 3.27. The summed E-state index contributed by atoms with van der Waals surface area (Å²) in [5, 5.41) is 27.8. The van der Waals surface area contributed by atoms with E-state index in [4.69, 9.17) is 5.11 Å². The second-order valence-electron chi connectivity index (χ2n) is 3.27. The number of aldehydes is 1. The summed E-state index contributed by atoms with van der Waals surface area (Å²) < 4.78 is 0. The Hall–Kier alpha value is -1.23. The minimum absolute atomic E-state index is 0.0777. The van der Waals surface area contributed by atoms with Crippen LogP contribution in [0.1, 0.15) is 28.4 Å². The van der Waals surface area contributed by atoms with E-state index < -0.39 is 12.2 Å². The van der Waals surface area contributed by atoms with Gasteiger partial charge in [-0.05, 0) is 12.0 Å². The van der Waals surface area contributed by atoms with E-state index in [1.54, 1.807) is 24.3 Å². The number of hydrogen-bond donors (Lipinski definition) is 3. The smallest absolute Gasteiger partial charge is 0.150 e. The first kappa shape index (κ1) is 11.8. The van der Waals surface area contributed by atoms with Crippen LogP contribution in [0.15, 0.2) is 24.3 Å². The van der Waals surface area contributed by atoms with Crippen LogP contribution >= 0.6 is 0 Å². The molecule has 0 radical (unpaired) electrons. The highest BCUT2D eigenvalue weighted by atomic mass is 16.3. The van der Waals surface area contributed by atoms with E-state index in [0.717, 1.165) is 0 Å². The maximum Gasteiger partial charge on any atom is 0.150 e. The third-order valence-electron chi connectivity index (χ3n) is 2.23. The standard InChI is InChI=1S/C11H14O4/c12-6-5-10(14)11(15)9-4-2-1-3-8(9)7-13/h1-4,7,10-12,14-15H,5-6H2. The normalized spacial score (nSPS) is 14.6. The van der Waals surface area contributed by atoms with E-state index in [9.17, 15) is 15.0 Å². The lowest BCUT2D eigenvalue weighted by molar-refractivity contribution is 0.00395. The molecule has 0 saturated heterocycles. The Kier molecular flexibility index (Phi) is 4.42. The van der Waals surface area contributed by atoms with Gasteiger partial charge in [0.25, 0.3) is 0 Å². The average Bonchev–Trinajstić information content (AvgIpc) is 2.28. The first-order chi connectivity index (χ1) is 7.20. The molecule has 0 aliphatic rings. The van der Waals surface area contributed by atoms with Gasteiger partial charge >= 0.3 is 0 Å². The van der Waals surface area contributed by atoms with Crippen molar-refractivity contribution in [2.45, 2.75) is 18.6 Å². The molecule has 15 heavy (non-hydrogen) atoms. The molecule has 0 fully saturated rings. The minimum Gasteiger partial charge on any atom is -0.396 e. The van der Waals surface area contributed by atoms with Gasteiger partial charge in [-0.15, -0.1) is 0 Å². The van der Waals surface area contributed by atoms with Crippen molar-refractivity contribution in [3.8, 4) is 0 Å². The number of aliphatic hydroxyl groups is 3. The van der Waals surface area contributed by atoms with Crippen molar-refractivity contribution < 1.29 is 20.1 Å². The summed E-state index contributed by atoms with van der Waals surface area (Å²) in [4.78, 5) is 10.7. The molecular formula is C11H14O4. The van der Waals surface area contributed by atoms with Crippen LogP contribution in [0.4, 0.5) is 0 Å². The molecule has 0 spiro atoms. The quantitative estimate of drug-likeness (QED) is 0.610. The minimum atomic E-state index is -1.14. The Morgan fingerprint density at radius 1 is 1.27 bits per heavy atom. The summed E-state index contributed by atoms with van der Waals surface area (Å²) in [6.45, 7) is -0.207. The predicted octanol–water partition coefficient (Wildman–Crippen LogP) is 0.276. The van der Waals surface area contributed by atoms with Gasteiger partial charge in [0.05, 0.1) is 6.10 Å². The first-order valence-corrected chi connectivity index (χ1v) is 4.71. The van der Waals surface area contributed by atoms with Crippen LogP contribution in [0.2, 0.25) is 0 Å². The molecule has 2 atom stereocenters. The summed E-state index contributed by atoms with van der Waals surface area (Å²) >= 11 is 0. The van der Waals surface area contributed by atoms with Crippen LogP contribution in [0.3, 0.4) is 0 Å². The molecule has 0 aromatic heterocycles. The molecule has 1 aromatic carbocycles. The molecule has 0 aliphatic heterocycles. The van der Waals surface area contributed by atoms with Crippen LogP contribution in [0, 0.1) is 0 Å². The highest BCUT2D eigenvalue weighted by Crippen LogP contribution is 2.21. The zero-order valence-electron chi connectivity index (χ0n) is 8.21. The van der Waals surface area contributed by atoms with E-state index in [-0.39, 0.29) is 13.0 Å². The van der Waals surface area contributed by atoms with Crippen molar-refractivity contribution in [2.24, 2.45) is 0 Å². The van der Waals surface area contributed by atoms with Crippen molar-refractivity contribution in [3.63, 3.8) is 0 Å². The van der Waals surface area contributed by atoms with Gasteiger partial charge in [0.15, 0.2) is 0 Å². The van der Waals surface area contributed by atoms with Gasteiger partial charge in [0.1, 0.15) is 12.4 Å². The molecular weight excluding hydrogens is 196 g/mol. The first-order valence-electron chi connectivity index (χ1n) is 4.71. The maximum atomic E-state index is 10.7. The lowest BCUT2D eigenvalue weighted by Gasteiger charge is -2.18. The van der Waals surface area contributed by atoms with Gasteiger partial charge in [0.2, 0.25) is 0 Å². The van der Waals surface area contributed by atoms with Gasteiger partial charge in [-0.25, -0.2) is 0 Å². The van der Waals surface area contributed by atoms with Crippen molar-refractivity contribution >= 4 is 6.29 Å². The summed E-state index contributed by atoms with van der Waals surface area (Å²) in [6, 6.07) is 6.50. The zero-order valence-corrected chi connectivity index (χ0v) is 8.21. The van der Waals surface area contributed by atoms with Crippen LogP contribution < -0.4 is 0 Å². The lowest BCUT2D eigenvalue weighted by Crippen LogP contribution is -2.20. The Morgan fingerprint density at radius 2 is 1.93 bits per heavy atom.